The number of carboxylic acids is 1. The van der Waals surface area contributed by atoms with Crippen LogP contribution in [0.2, 0.25) is 0 Å². The first-order valence-electron chi connectivity index (χ1n) is 7.11. The van der Waals surface area contributed by atoms with E-state index < -0.39 is 47.6 Å². The van der Waals surface area contributed by atoms with Crippen molar-refractivity contribution in [2.24, 2.45) is 0 Å². The van der Waals surface area contributed by atoms with Crippen molar-refractivity contribution in [1.82, 2.24) is 10.6 Å². The first-order valence-corrected chi connectivity index (χ1v) is 8.21. The first kappa shape index (κ1) is 19.5. The fourth-order valence-corrected chi connectivity index (χ4v) is 3.18. The van der Waals surface area contributed by atoms with Gasteiger partial charge in [-0.15, -0.1) is 8.74 Å². The summed E-state index contributed by atoms with van der Waals surface area (Å²) >= 11 is -1.69. The molecule has 4 N–H and O–H groups in total. The molecule has 0 saturated heterocycles. The number of hydrogen-bond donors (Lipinski definition) is 4. The summed E-state index contributed by atoms with van der Waals surface area (Å²) in [7, 11) is 0. The van der Waals surface area contributed by atoms with Gasteiger partial charge in [-0.2, -0.15) is 0 Å². The Morgan fingerprint density at radius 3 is 2.76 bits per heavy atom. The Kier molecular flexibility index (Phi) is 5.95. The quantitative estimate of drug-likeness (QED) is 0.357. The van der Waals surface area contributed by atoms with Crippen molar-refractivity contribution in [2.75, 3.05) is 13.1 Å². The van der Waals surface area contributed by atoms with E-state index >= 15 is 0 Å². The zero-order valence-electron chi connectivity index (χ0n) is 13.0. The number of amides is 1. The molecular weight excluding hydrogens is 362 g/mol. The molecular formula is C14H16F2N2O6S. The van der Waals surface area contributed by atoms with Gasteiger partial charge in [-0.25, -0.2) is 8.78 Å². The Morgan fingerprint density at radius 1 is 1.48 bits per heavy atom. The molecule has 1 aromatic carbocycles. The summed E-state index contributed by atoms with van der Waals surface area (Å²) in [5, 5.41) is 24.2. The predicted molar refractivity (Wildman–Crippen MR) is 80.4 cm³/mol. The molecule has 0 bridgehead atoms. The third-order valence-electron chi connectivity index (χ3n) is 3.39. The fraction of sp³-hybridized carbons (Fsp3) is 0.429. The van der Waals surface area contributed by atoms with Crippen LogP contribution < -0.4 is 15.7 Å². The van der Waals surface area contributed by atoms with Crippen LogP contribution in [-0.2, 0) is 33.0 Å². The van der Waals surface area contributed by atoms with Crippen molar-refractivity contribution < 1.29 is 37.3 Å². The summed E-state index contributed by atoms with van der Waals surface area (Å²) in [6.07, 6.45) is -1.36. The minimum absolute atomic E-state index is 0.111. The van der Waals surface area contributed by atoms with Gasteiger partial charge in [0.25, 0.3) is 11.8 Å². The van der Waals surface area contributed by atoms with Gasteiger partial charge in [-0.1, -0.05) is 0 Å². The number of alkyl halides is 2. The molecule has 0 radical (unpaired) electrons. The zero-order valence-corrected chi connectivity index (χ0v) is 13.9. The Morgan fingerprint density at radius 2 is 2.16 bits per heavy atom. The Balaban J connectivity index is 2.15. The minimum atomic E-state index is -3.24. The topological polar surface area (TPSA) is 131 Å². The van der Waals surface area contributed by atoms with Crippen LogP contribution in [0.5, 0.6) is 0 Å². The summed E-state index contributed by atoms with van der Waals surface area (Å²) in [6.45, 7) is -0.484. The fourth-order valence-electron chi connectivity index (χ4n) is 2.22. The van der Waals surface area contributed by atoms with Gasteiger partial charge in [0, 0.05) is 30.7 Å². The molecule has 0 fully saturated rings. The van der Waals surface area contributed by atoms with Crippen LogP contribution in [0.25, 0.3) is 0 Å². The highest BCUT2D eigenvalue weighted by Crippen LogP contribution is 2.38. The first-order chi connectivity index (χ1) is 11.6. The monoisotopic (exact) mass is 378 g/mol. The number of nitrogens with one attached hydrogen (secondary N) is 2. The van der Waals surface area contributed by atoms with Gasteiger partial charge in [-0.05, 0) is 6.07 Å². The van der Waals surface area contributed by atoms with Gasteiger partial charge in [0.2, 0.25) is 4.90 Å². The van der Waals surface area contributed by atoms with E-state index in [0.717, 1.165) is 6.07 Å². The van der Waals surface area contributed by atoms with Gasteiger partial charge >= 0.3 is 11.5 Å². The van der Waals surface area contributed by atoms with Gasteiger partial charge in [-0.3, -0.25) is 10.1 Å². The van der Waals surface area contributed by atoms with Crippen molar-refractivity contribution in [3.8, 4) is 0 Å². The van der Waals surface area contributed by atoms with Gasteiger partial charge in [0.15, 0.2) is 0 Å². The average Bonchev–Trinajstić information content (AvgIpc) is 2.90. The van der Waals surface area contributed by atoms with E-state index in [9.17, 15) is 33.1 Å². The molecule has 0 aromatic heterocycles. The number of rotatable bonds is 7. The highest BCUT2D eigenvalue weighted by Gasteiger charge is 2.42. The third-order valence-corrected chi connectivity index (χ3v) is 4.47. The second kappa shape index (κ2) is 7.62. The summed E-state index contributed by atoms with van der Waals surface area (Å²) < 4.78 is 42.3. The molecule has 1 heterocycles. The standard InChI is InChI=1S/C14H16F2N2O6S/c1-14(15,16)9-2-7(3-10-8(9)6-24-25(10)23)13(22)18-4-11(19)17-5-12(20)21/h2-3,11,17,19,23H,4-6H2,1H3,(H-,18,20,21,22). The van der Waals surface area contributed by atoms with Crippen LogP contribution in [0.3, 0.4) is 0 Å². The number of halogens is 2. The molecule has 1 amide bonds. The lowest BCUT2D eigenvalue weighted by Gasteiger charge is -2.16. The second-order valence-corrected chi connectivity index (χ2v) is 6.55. The maximum atomic E-state index is 13.8. The van der Waals surface area contributed by atoms with Crippen molar-refractivity contribution in [1.29, 1.82) is 0 Å². The second-order valence-electron chi connectivity index (χ2n) is 5.38. The number of benzene rings is 1. The molecule has 2 rings (SSSR count). The third kappa shape index (κ3) is 4.86. The minimum Gasteiger partial charge on any atom is -0.549 e. The molecule has 138 valence electrons. The van der Waals surface area contributed by atoms with E-state index in [1.807, 2.05) is 0 Å². The van der Waals surface area contributed by atoms with Crippen LogP contribution in [0.4, 0.5) is 8.78 Å². The summed E-state index contributed by atoms with van der Waals surface area (Å²) in [6, 6.07) is 2.25. The summed E-state index contributed by atoms with van der Waals surface area (Å²) in [5.41, 5.74) is -0.417. The smallest absolute Gasteiger partial charge is 0.354 e. The number of aliphatic hydroxyl groups excluding tert-OH is 1. The molecule has 8 nitrogen and oxygen atoms in total. The predicted octanol–water partition coefficient (Wildman–Crippen LogP) is -0.919. The Hall–Kier alpha value is -1.79. The Labute approximate surface area is 144 Å². The maximum Gasteiger partial charge on any atom is 0.354 e. The number of aliphatic hydroxyl groups is 1. The van der Waals surface area contributed by atoms with Crippen LogP contribution in [0.15, 0.2) is 17.0 Å². The van der Waals surface area contributed by atoms with Crippen molar-refractivity contribution in [3.63, 3.8) is 0 Å². The lowest BCUT2D eigenvalue weighted by atomic mass is 9.99. The molecule has 1 aliphatic rings. The highest BCUT2D eigenvalue weighted by atomic mass is 32.2. The van der Waals surface area contributed by atoms with Crippen LogP contribution in [0.1, 0.15) is 28.4 Å². The molecule has 0 saturated carbocycles. The van der Waals surface area contributed by atoms with E-state index in [0.29, 0.717) is 6.92 Å². The van der Waals surface area contributed by atoms with Crippen molar-refractivity contribution >= 4 is 23.3 Å². The maximum absolute atomic E-state index is 13.8. The summed E-state index contributed by atoms with van der Waals surface area (Å²) in [4.78, 5) is 22.5. The number of carbonyl (C=O) groups excluding carboxylic acids is 2. The summed E-state index contributed by atoms with van der Waals surface area (Å²) in [5.74, 6) is -5.45. The van der Waals surface area contributed by atoms with Crippen LogP contribution in [-0.4, -0.2) is 40.9 Å². The van der Waals surface area contributed by atoms with E-state index in [1.165, 1.54) is 6.07 Å². The molecule has 2 unspecified atom stereocenters. The molecule has 25 heavy (non-hydrogen) atoms. The van der Waals surface area contributed by atoms with E-state index in [4.69, 9.17) is 4.18 Å². The molecule has 2 atom stereocenters. The molecule has 0 aliphatic carbocycles. The highest BCUT2D eigenvalue weighted by molar-refractivity contribution is 7.87. The lowest BCUT2D eigenvalue weighted by molar-refractivity contribution is -0.304. The van der Waals surface area contributed by atoms with Gasteiger partial charge < -0.3 is 20.3 Å². The van der Waals surface area contributed by atoms with Crippen molar-refractivity contribution in [2.45, 2.75) is 30.6 Å². The van der Waals surface area contributed by atoms with Gasteiger partial charge in [0.05, 0.1) is 18.1 Å². The largest absolute Gasteiger partial charge is 0.549 e. The van der Waals surface area contributed by atoms with E-state index in [-0.39, 0.29) is 29.2 Å². The van der Waals surface area contributed by atoms with E-state index in [1.54, 1.807) is 0 Å². The molecule has 0 spiro atoms. The van der Waals surface area contributed by atoms with E-state index in [2.05, 4.69) is 10.6 Å². The number of carboxylic acid groups (broad SMARTS) is 1. The van der Waals surface area contributed by atoms with Crippen LogP contribution >= 0.6 is 0 Å². The van der Waals surface area contributed by atoms with Crippen molar-refractivity contribution in [3.05, 3.63) is 28.8 Å². The number of aliphatic carboxylic acids is 1. The normalized spacial score (nSPS) is 17.9. The van der Waals surface area contributed by atoms with Gasteiger partial charge in [0.1, 0.15) is 12.8 Å². The SMILES string of the molecule is CC(F)(F)c1cc(C(=O)NCC(O)NCC(=O)[O-])cc2c1CO[S+]2O. The molecule has 1 aromatic rings. The lowest BCUT2D eigenvalue weighted by Crippen LogP contribution is -2.45. The zero-order chi connectivity index (χ0) is 18.8. The molecule has 1 aliphatic heterocycles. The average molecular weight is 378 g/mol. The number of carbonyl (C=O) groups is 2. The number of hydrogen-bond acceptors (Lipinski definition) is 7. The number of fused-ring (bicyclic) bond motifs is 1. The van der Waals surface area contributed by atoms with Crippen LogP contribution in [0, 0.1) is 0 Å². The Bertz CT molecular complexity index is 682. The molecule has 11 heteroatoms.